The molecule has 41 heavy (non-hydrogen) atoms. The van der Waals surface area contributed by atoms with E-state index in [0.717, 1.165) is 33.4 Å². The van der Waals surface area contributed by atoms with Crippen LogP contribution in [0.15, 0.2) is 109 Å². The van der Waals surface area contributed by atoms with Gasteiger partial charge in [-0.2, -0.15) is 0 Å². The molecule has 0 spiro atoms. The molecule has 0 aliphatic heterocycles. The monoisotopic (exact) mass is 540 g/mol. The van der Waals surface area contributed by atoms with Crippen molar-refractivity contribution in [1.82, 2.24) is 0 Å². The molecule has 5 aromatic rings. The van der Waals surface area contributed by atoms with Crippen LogP contribution in [0.2, 0.25) is 0 Å². The van der Waals surface area contributed by atoms with Gasteiger partial charge in [0.25, 0.3) is 5.91 Å². The van der Waals surface area contributed by atoms with E-state index in [4.69, 9.17) is 0 Å². The summed E-state index contributed by atoms with van der Waals surface area (Å²) in [5.41, 5.74) is 6.76. The molecule has 1 aliphatic carbocycles. The van der Waals surface area contributed by atoms with Crippen molar-refractivity contribution >= 4 is 23.1 Å². The lowest BCUT2D eigenvalue weighted by Gasteiger charge is -2.34. The molecule has 1 amide bonds. The number of hydrogen-bond donors (Lipinski definition) is 4. The van der Waals surface area contributed by atoms with E-state index >= 15 is 0 Å². The predicted octanol–water partition coefficient (Wildman–Crippen LogP) is 6.96. The Balaban J connectivity index is 1.57. The number of fused-ring (bicyclic) bond motifs is 3. The zero-order valence-electron chi connectivity index (χ0n) is 22.6. The molecule has 0 saturated carbocycles. The number of hydrogen-bond acceptors (Lipinski definition) is 5. The molecule has 0 heterocycles. The van der Waals surface area contributed by atoms with Gasteiger partial charge in [-0.05, 0) is 76.7 Å². The highest BCUT2D eigenvalue weighted by atomic mass is 16.3. The molecule has 0 fully saturated rings. The molecule has 0 saturated heterocycles. The standard InChI is InChI=1S/C35H28N2O4/c1-21(38)22-8-7-9-23(18-22)34(41)37-31-20-25(15-17-33(31)40)35(24-14-16-32(39)30(19-24)36-2)28-12-5-3-10-26(28)27-11-4-6-13-29(27)35/h3-20,36,39-40H,1-2H3,(H,37,41). The zero-order chi connectivity index (χ0) is 28.7. The van der Waals surface area contributed by atoms with Crippen molar-refractivity contribution in [2.75, 3.05) is 17.7 Å². The normalized spacial score (nSPS) is 12.7. The van der Waals surface area contributed by atoms with Gasteiger partial charge in [-0.3, -0.25) is 9.59 Å². The van der Waals surface area contributed by atoms with Crippen LogP contribution >= 0.6 is 0 Å². The topological polar surface area (TPSA) is 98.7 Å². The molecule has 0 atom stereocenters. The summed E-state index contributed by atoms with van der Waals surface area (Å²) >= 11 is 0. The minimum absolute atomic E-state index is 0.0823. The number of benzene rings is 5. The molecule has 6 nitrogen and oxygen atoms in total. The number of nitrogens with one attached hydrogen (secondary N) is 2. The zero-order valence-corrected chi connectivity index (χ0v) is 22.6. The summed E-state index contributed by atoms with van der Waals surface area (Å²) in [5.74, 6) is -0.526. The largest absolute Gasteiger partial charge is 0.506 e. The Bertz CT molecular complexity index is 1800. The van der Waals surface area contributed by atoms with Crippen LogP contribution in [0.4, 0.5) is 11.4 Å². The van der Waals surface area contributed by atoms with Crippen LogP contribution < -0.4 is 10.6 Å². The highest BCUT2D eigenvalue weighted by Gasteiger charge is 2.46. The molecule has 1 aliphatic rings. The molecule has 0 aromatic heterocycles. The van der Waals surface area contributed by atoms with Crippen molar-refractivity contribution in [2.45, 2.75) is 12.3 Å². The Morgan fingerprint density at radius 1 is 0.634 bits per heavy atom. The second-order valence-corrected chi connectivity index (χ2v) is 10.1. The number of rotatable bonds is 6. The lowest BCUT2D eigenvalue weighted by atomic mass is 9.67. The summed E-state index contributed by atoms with van der Waals surface area (Å²) in [4.78, 5) is 25.1. The fourth-order valence-electron chi connectivity index (χ4n) is 5.94. The number of carbonyl (C=O) groups is 2. The number of phenolic OH excluding ortho intramolecular Hbond substituents is 2. The van der Waals surface area contributed by atoms with Gasteiger partial charge in [-0.1, -0.05) is 72.8 Å². The maximum Gasteiger partial charge on any atom is 0.255 e. The molecule has 5 aromatic carbocycles. The molecule has 0 unspecified atom stereocenters. The minimum Gasteiger partial charge on any atom is -0.506 e. The maximum absolute atomic E-state index is 13.3. The molecular formula is C35H28N2O4. The summed E-state index contributed by atoms with van der Waals surface area (Å²) in [7, 11) is 1.76. The average molecular weight is 541 g/mol. The third kappa shape index (κ3) is 4.12. The van der Waals surface area contributed by atoms with E-state index in [1.165, 1.54) is 6.92 Å². The van der Waals surface area contributed by atoms with Crippen molar-refractivity contribution in [3.8, 4) is 22.6 Å². The van der Waals surface area contributed by atoms with E-state index in [-0.39, 0.29) is 23.0 Å². The fourth-order valence-corrected chi connectivity index (χ4v) is 5.94. The Morgan fingerprint density at radius 3 is 1.76 bits per heavy atom. The van der Waals surface area contributed by atoms with E-state index < -0.39 is 11.3 Å². The number of Topliss-reactive ketones (excluding diaryl/α,β-unsaturated/α-hetero) is 1. The number of anilines is 2. The number of amides is 1. The Kier molecular flexibility index (Phi) is 6.31. The third-order valence-corrected chi connectivity index (χ3v) is 7.86. The summed E-state index contributed by atoms with van der Waals surface area (Å²) in [6.07, 6.45) is 0. The van der Waals surface area contributed by atoms with Crippen LogP contribution in [-0.4, -0.2) is 29.0 Å². The summed E-state index contributed by atoms with van der Waals surface area (Å²) in [6, 6.07) is 33.7. The van der Waals surface area contributed by atoms with Gasteiger partial charge in [0.2, 0.25) is 0 Å². The van der Waals surface area contributed by atoms with E-state index in [1.807, 2.05) is 42.5 Å². The van der Waals surface area contributed by atoms with Gasteiger partial charge in [-0.15, -0.1) is 0 Å². The van der Waals surface area contributed by atoms with Crippen LogP contribution in [0.25, 0.3) is 11.1 Å². The van der Waals surface area contributed by atoms with Crippen LogP contribution in [-0.2, 0) is 5.41 Å². The number of phenols is 2. The minimum atomic E-state index is -0.811. The van der Waals surface area contributed by atoms with Gasteiger partial charge >= 0.3 is 0 Å². The fraction of sp³-hybridized carbons (Fsp3) is 0.0857. The first-order valence-corrected chi connectivity index (χ1v) is 13.3. The molecule has 6 heteroatoms. The molecule has 202 valence electrons. The first-order valence-electron chi connectivity index (χ1n) is 13.3. The highest BCUT2D eigenvalue weighted by Crippen LogP contribution is 2.57. The molecule has 0 radical (unpaired) electrons. The van der Waals surface area contributed by atoms with Crippen molar-refractivity contribution in [3.05, 3.63) is 143 Å². The van der Waals surface area contributed by atoms with E-state index in [9.17, 15) is 19.8 Å². The molecule has 4 N–H and O–H groups in total. The Labute approximate surface area is 237 Å². The van der Waals surface area contributed by atoms with Gasteiger partial charge in [-0.25, -0.2) is 0 Å². The number of aromatic hydroxyl groups is 2. The summed E-state index contributed by atoms with van der Waals surface area (Å²) in [6.45, 7) is 1.45. The van der Waals surface area contributed by atoms with E-state index in [2.05, 4.69) is 34.9 Å². The smallest absolute Gasteiger partial charge is 0.255 e. The van der Waals surface area contributed by atoms with Gasteiger partial charge in [0.15, 0.2) is 5.78 Å². The predicted molar refractivity (Wildman–Crippen MR) is 161 cm³/mol. The number of carbonyl (C=O) groups excluding carboxylic acids is 2. The maximum atomic E-state index is 13.3. The lowest BCUT2D eigenvalue weighted by molar-refractivity contribution is 0.101. The van der Waals surface area contributed by atoms with Crippen molar-refractivity contribution in [2.24, 2.45) is 0 Å². The quantitative estimate of drug-likeness (QED) is 0.135. The average Bonchev–Trinajstić information content (AvgIpc) is 3.30. The second kappa shape index (κ2) is 9.99. The van der Waals surface area contributed by atoms with E-state index in [0.29, 0.717) is 16.8 Å². The number of ketones is 1. The molecular weight excluding hydrogens is 512 g/mol. The van der Waals surface area contributed by atoms with Crippen molar-refractivity contribution in [1.29, 1.82) is 0 Å². The van der Waals surface area contributed by atoms with Crippen LogP contribution in [0.1, 0.15) is 49.9 Å². The second-order valence-electron chi connectivity index (χ2n) is 10.1. The highest BCUT2D eigenvalue weighted by molar-refractivity contribution is 6.07. The first-order chi connectivity index (χ1) is 19.8. The van der Waals surface area contributed by atoms with Crippen LogP contribution in [0, 0.1) is 0 Å². The van der Waals surface area contributed by atoms with Crippen LogP contribution in [0.5, 0.6) is 11.5 Å². The third-order valence-electron chi connectivity index (χ3n) is 7.86. The Morgan fingerprint density at radius 2 is 1.17 bits per heavy atom. The SMILES string of the molecule is CNc1cc(C2(c3ccc(O)c(NC(=O)c4cccc(C(C)=O)c4)c3)c3ccccc3-c3ccccc32)ccc1O. The lowest BCUT2D eigenvalue weighted by Crippen LogP contribution is -2.29. The molecule has 0 bridgehead atoms. The summed E-state index contributed by atoms with van der Waals surface area (Å²) < 4.78 is 0. The summed E-state index contributed by atoms with van der Waals surface area (Å²) in [5, 5.41) is 27.3. The Hall–Kier alpha value is -5.36. The van der Waals surface area contributed by atoms with Crippen molar-refractivity contribution in [3.63, 3.8) is 0 Å². The first kappa shape index (κ1) is 25.9. The van der Waals surface area contributed by atoms with Crippen molar-refractivity contribution < 1.29 is 19.8 Å². The van der Waals surface area contributed by atoms with E-state index in [1.54, 1.807) is 49.5 Å². The van der Waals surface area contributed by atoms with Gasteiger partial charge < -0.3 is 20.8 Å². The van der Waals surface area contributed by atoms with Crippen LogP contribution in [0.3, 0.4) is 0 Å². The van der Waals surface area contributed by atoms with Gasteiger partial charge in [0, 0.05) is 18.2 Å². The van der Waals surface area contributed by atoms with Gasteiger partial charge in [0.05, 0.1) is 16.8 Å². The van der Waals surface area contributed by atoms with Gasteiger partial charge in [0.1, 0.15) is 11.5 Å². The molecule has 6 rings (SSSR count).